The van der Waals surface area contributed by atoms with Crippen molar-refractivity contribution in [1.82, 2.24) is 0 Å². The number of rotatable bonds is 3. The smallest absolute Gasteiger partial charge is 0.198 e. The lowest BCUT2D eigenvalue weighted by molar-refractivity contribution is -0.109. The summed E-state index contributed by atoms with van der Waals surface area (Å²) in [5.74, 6) is 1.60. The molecule has 3 N–H and O–H groups in total. The molecule has 4 atom stereocenters. The van der Waals surface area contributed by atoms with Crippen LogP contribution in [-0.2, 0) is 14.2 Å². The Bertz CT molecular complexity index is 675. The number of nitrogens with two attached hydrogens (primary N) is 1. The molecular weight excluding hydrogens is 306 g/mol. The van der Waals surface area contributed by atoms with Crippen LogP contribution in [0.5, 0.6) is 0 Å². The molecule has 4 aliphatic rings. The van der Waals surface area contributed by atoms with Gasteiger partial charge in [0.1, 0.15) is 11.5 Å². The third-order valence-electron chi connectivity index (χ3n) is 5.68. The van der Waals surface area contributed by atoms with Gasteiger partial charge in [-0.1, -0.05) is 6.08 Å². The number of hydrogen-bond donors (Lipinski definition) is 2. The zero-order valence-electron chi connectivity index (χ0n) is 14.2. The van der Waals surface area contributed by atoms with Gasteiger partial charge in [-0.2, -0.15) is 0 Å². The predicted molar refractivity (Wildman–Crippen MR) is 89.7 cm³/mol. The van der Waals surface area contributed by atoms with Gasteiger partial charge in [-0.3, -0.25) is 0 Å². The minimum absolute atomic E-state index is 0.0229. The second-order valence-corrected chi connectivity index (χ2v) is 6.84. The predicted octanol–water partition coefficient (Wildman–Crippen LogP) is 2.29. The molecule has 130 valence electrons. The van der Waals surface area contributed by atoms with E-state index < -0.39 is 11.7 Å². The molecule has 5 nitrogen and oxygen atoms in total. The number of aliphatic hydroxyl groups is 1. The fourth-order valence-electron chi connectivity index (χ4n) is 4.75. The minimum atomic E-state index is -0.853. The highest BCUT2D eigenvalue weighted by Crippen LogP contribution is 2.59. The van der Waals surface area contributed by atoms with Gasteiger partial charge >= 0.3 is 0 Å². The maximum atomic E-state index is 10.4. The molecule has 24 heavy (non-hydrogen) atoms. The summed E-state index contributed by atoms with van der Waals surface area (Å²) in [4.78, 5) is 0. The van der Waals surface area contributed by atoms with Gasteiger partial charge in [-0.15, -0.1) is 0 Å². The van der Waals surface area contributed by atoms with Crippen LogP contribution in [0.1, 0.15) is 32.6 Å². The Morgan fingerprint density at radius 3 is 3.00 bits per heavy atom. The van der Waals surface area contributed by atoms with Gasteiger partial charge in [0.2, 0.25) is 0 Å². The largest absolute Gasteiger partial charge is 0.496 e. The SMILES string of the molecule is CCOC1CC=C2OC(O)CC34C(=CCCC3N)C(OC)=CC1=C24. The lowest BCUT2D eigenvalue weighted by atomic mass is 9.56. The molecule has 5 heteroatoms. The van der Waals surface area contributed by atoms with E-state index in [0.717, 1.165) is 47.5 Å². The Kier molecular flexibility index (Phi) is 3.82. The highest BCUT2D eigenvalue weighted by atomic mass is 16.6. The van der Waals surface area contributed by atoms with E-state index in [1.807, 2.05) is 13.0 Å². The van der Waals surface area contributed by atoms with Crippen molar-refractivity contribution in [3.8, 4) is 0 Å². The minimum Gasteiger partial charge on any atom is -0.496 e. The molecule has 0 radical (unpaired) electrons. The zero-order chi connectivity index (χ0) is 16.9. The summed E-state index contributed by atoms with van der Waals surface area (Å²) in [6, 6.07) is -0.0799. The standard InChI is InChI=1S/C19H25NO4/c1-3-23-13-7-8-14-18-11(13)9-15(22-2)12-5-4-6-16(20)19(12,18)10-17(21)24-14/h5,8-9,13,16-17,21H,3-4,6-7,10,20H2,1-2H3. The van der Waals surface area contributed by atoms with Crippen molar-refractivity contribution in [1.29, 1.82) is 0 Å². The normalized spacial score (nSPS) is 37.5. The van der Waals surface area contributed by atoms with Gasteiger partial charge in [-0.05, 0) is 43.9 Å². The van der Waals surface area contributed by atoms with Gasteiger partial charge < -0.3 is 25.1 Å². The van der Waals surface area contributed by atoms with Gasteiger partial charge in [0.05, 0.1) is 13.2 Å². The lowest BCUT2D eigenvalue weighted by Crippen LogP contribution is -2.54. The van der Waals surface area contributed by atoms with E-state index in [-0.39, 0.29) is 12.1 Å². The van der Waals surface area contributed by atoms with Crippen LogP contribution in [-0.4, -0.2) is 37.3 Å². The number of ether oxygens (including phenoxy) is 3. The van der Waals surface area contributed by atoms with E-state index in [1.165, 1.54) is 0 Å². The molecule has 4 unspecified atom stereocenters. The Morgan fingerprint density at radius 2 is 2.25 bits per heavy atom. The van der Waals surface area contributed by atoms with Crippen molar-refractivity contribution in [2.75, 3.05) is 13.7 Å². The van der Waals surface area contributed by atoms with E-state index in [2.05, 4.69) is 12.2 Å². The van der Waals surface area contributed by atoms with Crippen LogP contribution >= 0.6 is 0 Å². The van der Waals surface area contributed by atoms with Gasteiger partial charge in [0.25, 0.3) is 0 Å². The molecule has 3 aliphatic carbocycles. The van der Waals surface area contributed by atoms with Crippen molar-refractivity contribution < 1.29 is 19.3 Å². The first-order valence-electron chi connectivity index (χ1n) is 8.75. The van der Waals surface area contributed by atoms with Crippen LogP contribution in [0.3, 0.4) is 0 Å². The fraction of sp³-hybridized carbons (Fsp3) is 0.579. The first kappa shape index (κ1) is 15.9. The molecule has 0 amide bonds. The third-order valence-corrected chi connectivity index (χ3v) is 5.68. The van der Waals surface area contributed by atoms with Crippen LogP contribution in [0.25, 0.3) is 0 Å². The molecule has 1 saturated heterocycles. The Hall–Kier alpha value is -1.56. The van der Waals surface area contributed by atoms with Crippen molar-refractivity contribution in [2.24, 2.45) is 11.1 Å². The Balaban J connectivity index is 1.97. The molecular formula is C19H25NO4. The van der Waals surface area contributed by atoms with Crippen molar-refractivity contribution in [3.05, 3.63) is 46.5 Å². The first-order chi connectivity index (χ1) is 11.6. The Morgan fingerprint density at radius 1 is 1.42 bits per heavy atom. The summed E-state index contributed by atoms with van der Waals surface area (Å²) >= 11 is 0. The number of hydrogen-bond acceptors (Lipinski definition) is 5. The first-order valence-corrected chi connectivity index (χ1v) is 8.75. The van der Waals surface area contributed by atoms with Crippen LogP contribution in [0, 0.1) is 5.41 Å². The second-order valence-electron chi connectivity index (χ2n) is 6.84. The summed E-state index contributed by atoms with van der Waals surface area (Å²) in [7, 11) is 1.69. The number of aliphatic hydroxyl groups excluding tert-OH is 1. The highest BCUT2D eigenvalue weighted by Gasteiger charge is 2.56. The number of allylic oxidation sites excluding steroid dienone is 3. The van der Waals surface area contributed by atoms with E-state index in [0.29, 0.717) is 13.0 Å². The van der Waals surface area contributed by atoms with Crippen molar-refractivity contribution >= 4 is 0 Å². The molecule has 0 aromatic carbocycles. The summed E-state index contributed by atoms with van der Waals surface area (Å²) in [6.07, 6.45) is 8.44. The second kappa shape index (κ2) is 5.76. The molecule has 0 aromatic heterocycles. The van der Waals surface area contributed by atoms with Crippen LogP contribution in [0.15, 0.2) is 46.5 Å². The fourth-order valence-corrected chi connectivity index (χ4v) is 4.75. The molecule has 1 heterocycles. The molecule has 1 spiro atoms. The average Bonchev–Trinajstić information content (AvgIpc) is 2.57. The lowest BCUT2D eigenvalue weighted by Gasteiger charge is -2.53. The maximum Gasteiger partial charge on any atom is 0.198 e. The van der Waals surface area contributed by atoms with Crippen LogP contribution < -0.4 is 5.73 Å². The zero-order valence-corrected chi connectivity index (χ0v) is 14.2. The number of methoxy groups -OCH3 is 1. The monoisotopic (exact) mass is 331 g/mol. The van der Waals surface area contributed by atoms with Crippen LogP contribution in [0.4, 0.5) is 0 Å². The third kappa shape index (κ3) is 2.05. The quantitative estimate of drug-likeness (QED) is 0.830. The molecule has 0 bridgehead atoms. The molecule has 0 saturated carbocycles. The van der Waals surface area contributed by atoms with Crippen molar-refractivity contribution in [3.63, 3.8) is 0 Å². The molecule has 1 fully saturated rings. The van der Waals surface area contributed by atoms with Crippen LogP contribution in [0.2, 0.25) is 0 Å². The van der Waals surface area contributed by atoms with Gasteiger partial charge in [0, 0.05) is 35.6 Å². The van der Waals surface area contributed by atoms with E-state index in [1.54, 1.807) is 7.11 Å². The summed E-state index contributed by atoms with van der Waals surface area (Å²) in [5.41, 5.74) is 9.47. The van der Waals surface area contributed by atoms with Gasteiger partial charge in [0.15, 0.2) is 6.29 Å². The Labute approximate surface area is 142 Å². The topological polar surface area (TPSA) is 73.9 Å². The molecule has 4 rings (SSSR count). The van der Waals surface area contributed by atoms with Crippen molar-refractivity contribution in [2.45, 2.75) is 51.0 Å². The summed E-state index contributed by atoms with van der Waals surface area (Å²) in [5, 5.41) is 10.4. The maximum absolute atomic E-state index is 10.4. The average molecular weight is 331 g/mol. The highest BCUT2D eigenvalue weighted by molar-refractivity contribution is 5.62. The summed E-state index contributed by atoms with van der Waals surface area (Å²) < 4.78 is 17.4. The molecule has 0 aromatic rings. The van der Waals surface area contributed by atoms with E-state index in [9.17, 15) is 5.11 Å². The molecule has 1 aliphatic heterocycles. The summed E-state index contributed by atoms with van der Waals surface area (Å²) in [6.45, 7) is 2.65. The van der Waals surface area contributed by atoms with E-state index >= 15 is 0 Å². The van der Waals surface area contributed by atoms with Gasteiger partial charge in [-0.25, -0.2) is 0 Å². The van der Waals surface area contributed by atoms with E-state index in [4.69, 9.17) is 19.9 Å².